The SMILES string of the molecule is CCCNc1c(F)cccc1C(=O)NCc1nn[nH]n1. The molecular formula is C12H15FN6O. The molecule has 8 heteroatoms. The Morgan fingerprint density at radius 2 is 2.30 bits per heavy atom. The number of para-hydroxylation sites is 1. The number of hydrogen-bond donors (Lipinski definition) is 3. The molecule has 1 amide bonds. The summed E-state index contributed by atoms with van der Waals surface area (Å²) in [6.07, 6.45) is 0.832. The fraction of sp³-hybridized carbons (Fsp3) is 0.333. The Hall–Kier alpha value is -2.51. The molecule has 1 aromatic carbocycles. The summed E-state index contributed by atoms with van der Waals surface area (Å²) in [5.41, 5.74) is 0.460. The van der Waals surface area contributed by atoms with Crippen LogP contribution in [0.4, 0.5) is 10.1 Å². The van der Waals surface area contributed by atoms with Crippen LogP contribution in [0, 0.1) is 5.82 Å². The summed E-state index contributed by atoms with van der Waals surface area (Å²) in [5.74, 6) is -0.489. The van der Waals surface area contributed by atoms with Gasteiger partial charge >= 0.3 is 0 Å². The molecule has 0 aliphatic heterocycles. The number of nitrogens with zero attached hydrogens (tertiary/aromatic N) is 3. The predicted octanol–water partition coefficient (Wildman–Crippen LogP) is 1.09. The number of hydrogen-bond acceptors (Lipinski definition) is 5. The molecule has 106 valence electrons. The third kappa shape index (κ3) is 3.28. The largest absolute Gasteiger partial charge is 0.382 e. The number of nitrogens with one attached hydrogen (secondary N) is 3. The number of anilines is 1. The van der Waals surface area contributed by atoms with Crippen LogP contribution in [-0.2, 0) is 6.54 Å². The van der Waals surface area contributed by atoms with Gasteiger partial charge in [-0.3, -0.25) is 4.79 Å². The molecule has 0 radical (unpaired) electrons. The average Bonchev–Trinajstić information content (AvgIpc) is 2.96. The van der Waals surface area contributed by atoms with E-state index in [1.807, 2.05) is 6.92 Å². The number of aromatic amines is 1. The van der Waals surface area contributed by atoms with E-state index in [0.29, 0.717) is 12.4 Å². The van der Waals surface area contributed by atoms with Crippen molar-refractivity contribution in [3.63, 3.8) is 0 Å². The molecule has 0 aliphatic rings. The summed E-state index contributed by atoms with van der Waals surface area (Å²) in [5, 5.41) is 18.6. The van der Waals surface area contributed by atoms with E-state index in [1.165, 1.54) is 12.1 Å². The van der Waals surface area contributed by atoms with Crippen molar-refractivity contribution in [1.82, 2.24) is 25.9 Å². The number of halogens is 1. The summed E-state index contributed by atoms with van der Waals surface area (Å²) in [6, 6.07) is 4.37. The first-order valence-corrected chi connectivity index (χ1v) is 6.25. The van der Waals surface area contributed by atoms with Crippen LogP contribution in [0.2, 0.25) is 0 Å². The van der Waals surface area contributed by atoms with Crippen LogP contribution in [-0.4, -0.2) is 33.1 Å². The molecule has 1 heterocycles. The van der Waals surface area contributed by atoms with Crippen LogP contribution in [0.25, 0.3) is 0 Å². The Labute approximate surface area is 115 Å². The molecule has 0 unspecified atom stereocenters. The van der Waals surface area contributed by atoms with Gasteiger partial charge in [0.15, 0.2) is 5.82 Å². The molecule has 1 aromatic heterocycles. The zero-order valence-corrected chi connectivity index (χ0v) is 11.0. The molecule has 3 N–H and O–H groups in total. The normalized spacial score (nSPS) is 10.3. The van der Waals surface area contributed by atoms with Gasteiger partial charge in [0.25, 0.3) is 5.91 Å². The quantitative estimate of drug-likeness (QED) is 0.735. The molecule has 0 aliphatic carbocycles. The van der Waals surface area contributed by atoms with Gasteiger partial charge in [-0.25, -0.2) is 4.39 Å². The van der Waals surface area contributed by atoms with Crippen LogP contribution in [0.5, 0.6) is 0 Å². The van der Waals surface area contributed by atoms with Crippen molar-refractivity contribution in [3.8, 4) is 0 Å². The summed E-state index contributed by atoms with van der Waals surface area (Å²) in [7, 11) is 0. The van der Waals surface area contributed by atoms with Crippen molar-refractivity contribution in [2.45, 2.75) is 19.9 Å². The Balaban J connectivity index is 2.10. The molecule has 2 rings (SSSR count). The Morgan fingerprint density at radius 3 is 3.00 bits per heavy atom. The number of carbonyl (C=O) groups excluding carboxylic acids is 1. The van der Waals surface area contributed by atoms with Crippen molar-refractivity contribution in [2.24, 2.45) is 0 Å². The molecule has 7 nitrogen and oxygen atoms in total. The predicted molar refractivity (Wildman–Crippen MR) is 70.5 cm³/mol. The van der Waals surface area contributed by atoms with Gasteiger partial charge in [0.2, 0.25) is 0 Å². The minimum atomic E-state index is -0.453. The minimum absolute atomic E-state index is 0.124. The lowest BCUT2D eigenvalue weighted by Crippen LogP contribution is -2.25. The van der Waals surface area contributed by atoms with Gasteiger partial charge in [-0.1, -0.05) is 18.2 Å². The summed E-state index contributed by atoms with van der Waals surface area (Å²) in [6.45, 7) is 2.68. The van der Waals surface area contributed by atoms with E-state index in [0.717, 1.165) is 6.42 Å². The lowest BCUT2D eigenvalue weighted by atomic mass is 10.1. The number of benzene rings is 1. The highest BCUT2D eigenvalue weighted by atomic mass is 19.1. The molecule has 0 atom stereocenters. The first kappa shape index (κ1) is 13.9. The summed E-state index contributed by atoms with van der Waals surface area (Å²) < 4.78 is 13.8. The fourth-order valence-electron chi connectivity index (χ4n) is 1.65. The van der Waals surface area contributed by atoms with Crippen molar-refractivity contribution in [3.05, 3.63) is 35.4 Å². The van der Waals surface area contributed by atoms with Gasteiger partial charge in [-0.15, -0.1) is 10.2 Å². The second kappa shape index (κ2) is 6.60. The van der Waals surface area contributed by atoms with Gasteiger partial charge in [-0.05, 0) is 18.6 Å². The van der Waals surface area contributed by atoms with E-state index in [2.05, 4.69) is 31.3 Å². The Morgan fingerprint density at radius 1 is 1.45 bits per heavy atom. The molecule has 0 fully saturated rings. The van der Waals surface area contributed by atoms with Crippen LogP contribution < -0.4 is 10.6 Å². The molecule has 20 heavy (non-hydrogen) atoms. The van der Waals surface area contributed by atoms with E-state index >= 15 is 0 Å². The van der Waals surface area contributed by atoms with E-state index in [4.69, 9.17) is 0 Å². The van der Waals surface area contributed by atoms with Crippen LogP contribution in [0.15, 0.2) is 18.2 Å². The standard InChI is InChI=1S/C12H15FN6O/c1-2-6-14-11-8(4-3-5-9(11)13)12(20)15-7-10-16-18-19-17-10/h3-5,14H,2,6-7H2,1H3,(H,15,20)(H,16,17,18,19). The van der Waals surface area contributed by atoms with Crippen LogP contribution in [0.3, 0.4) is 0 Å². The van der Waals surface area contributed by atoms with E-state index in [9.17, 15) is 9.18 Å². The highest BCUT2D eigenvalue weighted by Gasteiger charge is 2.15. The molecule has 0 bridgehead atoms. The second-order valence-corrected chi connectivity index (χ2v) is 4.10. The molecule has 0 spiro atoms. The maximum atomic E-state index is 13.8. The smallest absolute Gasteiger partial charge is 0.253 e. The van der Waals surface area contributed by atoms with Gasteiger partial charge in [-0.2, -0.15) is 5.21 Å². The number of H-pyrrole nitrogens is 1. The summed E-state index contributed by atoms with van der Waals surface area (Å²) in [4.78, 5) is 12.1. The number of amides is 1. The van der Waals surface area contributed by atoms with E-state index in [1.54, 1.807) is 6.07 Å². The lowest BCUT2D eigenvalue weighted by Gasteiger charge is -2.12. The minimum Gasteiger partial charge on any atom is -0.382 e. The van der Waals surface area contributed by atoms with Crippen molar-refractivity contribution in [1.29, 1.82) is 0 Å². The molecule has 0 saturated carbocycles. The molecular weight excluding hydrogens is 263 g/mol. The fourth-order valence-corrected chi connectivity index (χ4v) is 1.65. The van der Waals surface area contributed by atoms with Gasteiger partial charge < -0.3 is 10.6 Å². The highest BCUT2D eigenvalue weighted by Crippen LogP contribution is 2.19. The van der Waals surface area contributed by atoms with Crippen molar-refractivity contribution in [2.75, 3.05) is 11.9 Å². The Bertz CT molecular complexity index is 571. The van der Waals surface area contributed by atoms with Gasteiger partial charge in [0, 0.05) is 6.54 Å². The third-order valence-corrected chi connectivity index (χ3v) is 2.61. The number of rotatable bonds is 6. The third-order valence-electron chi connectivity index (χ3n) is 2.61. The lowest BCUT2D eigenvalue weighted by molar-refractivity contribution is 0.0950. The zero-order valence-electron chi connectivity index (χ0n) is 11.0. The van der Waals surface area contributed by atoms with Gasteiger partial charge in [0.1, 0.15) is 5.82 Å². The average molecular weight is 278 g/mol. The summed E-state index contributed by atoms with van der Waals surface area (Å²) >= 11 is 0. The number of tetrazole rings is 1. The van der Waals surface area contributed by atoms with Crippen molar-refractivity contribution < 1.29 is 9.18 Å². The van der Waals surface area contributed by atoms with Crippen molar-refractivity contribution >= 4 is 11.6 Å². The molecule has 0 saturated heterocycles. The van der Waals surface area contributed by atoms with Crippen LogP contribution >= 0.6 is 0 Å². The monoisotopic (exact) mass is 278 g/mol. The second-order valence-electron chi connectivity index (χ2n) is 4.10. The maximum Gasteiger partial charge on any atom is 0.253 e. The first-order valence-electron chi connectivity index (χ1n) is 6.25. The van der Waals surface area contributed by atoms with E-state index in [-0.39, 0.29) is 17.8 Å². The Kier molecular flexibility index (Phi) is 4.59. The number of carbonyl (C=O) groups is 1. The highest BCUT2D eigenvalue weighted by molar-refractivity contribution is 5.99. The zero-order chi connectivity index (χ0) is 14.4. The topological polar surface area (TPSA) is 95.6 Å². The number of aromatic nitrogens is 4. The van der Waals surface area contributed by atoms with Gasteiger partial charge in [0.05, 0.1) is 17.8 Å². The van der Waals surface area contributed by atoms with E-state index < -0.39 is 11.7 Å². The first-order chi connectivity index (χ1) is 9.72. The van der Waals surface area contributed by atoms with Crippen LogP contribution in [0.1, 0.15) is 29.5 Å². The maximum absolute atomic E-state index is 13.8. The molecule has 2 aromatic rings.